The van der Waals surface area contributed by atoms with Gasteiger partial charge < -0.3 is 4.98 Å². The average molecular weight is 290 g/mol. The maximum atomic E-state index is 13.8. The molecule has 106 valence electrons. The third-order valence-electron chi connectivity index (χ3n) is 3.40. The van der Waals surface area contributed by atoms with E-state index in [0.717, 1.165) is 22.6 Å². The van der Waals surface area contributed by atoms with Crippen LogP contribution in [0, 0.1) is 24.3 Å². The Morgan fingerprint density at radius 1 is 1.15 bits per heavy atom. The highest BCUT2D eigenvalue weighted by atomic mass is 32.1. The Balaban J connectivity index is 2.77. The van der Waals surface area contributed by atoms with E-state index in [1.54, 1.807) is 13.0 Å². The molecule has 2 nitrogen and oxygen atoms in total. The minimum atomic E-state index is -0.213. The van der Waals surface area contributed by atoms with E-state index in [9.17, 15) is 4.39 Å². The van der Waals surface area contributed by atoms with Crippen molar-refractivity contribution in [2.75, 3.05) is 0 Å². The van der Waals surface area contributed by atoms with Crippen LogP contribution in [0.4, 0.5) is 4.39 Å². The monoisotopic (exact) mass is 290 g/mol. The molecule has 1 N–H and O–H groups in total. The van der Waals surface area contributed by atoms with Crippen LogP contribution in [0.2, 0.25) is 0 Å². The van der Waals surface area contributed by atoms with Crippen LogP contribution in [0.15, 0.2) is 18.2 Å². The summed E-state index contributed by atoms with van der Waals surface area (Å²) in [5.74, 6) is 0.599. The highest BCUT2D eigenvalue weighted by Gasteiger charge is 2.19. The summed E-state index contributed by atoms with van der Waals surface area (Å²) in [7, 11) is 0. The Bertz CT molecular complexity index is 711. The van der Waals surface area contributed by atoms with Crippen LogP contribution >= 0.6 is 12.2 Å². The second kappa shape index (κ2) is 5.09. The normalized spacial score (nSPS) is 11.7. The third-order valence-corrected chi connectivity index (χ3v) is 3.80. The second-order valence-corrected chi connectivity index (χ2v) is 6.44. The molecule has 0 amide bonds. The first kappa shape index (κ1) is 14.9. The van der Waals surface area contributed by atoms with Gasteiger partial charge in [-0.3, -0.25) is 0 Å². The molecule has 0 unspecified atom stereocenters. The molecule has 0 atom stereocenters. The number of hydrogen-bond donors (Lipinski definition) is 1. The summed E-state index contributed by atoms with van der Waals surface area (Å²) in [5.41, 5.74) is 3.04. The van der Waals surface area contributed by atoms with Crippen molar-refractivity contribution in [3.05, 3.63) is 45.6 Å². The van der Waals surface area contributed by atoms with Gasteiger partial charge in [0.05, 0.1) is 5.69 Å². The fourth-order valence-electron chi connectivity index (χ4n) is 2.04. The maximum Gasteiger partial charge on any atom is 0.133 e. The molecule has 2 rings (SSSR count). The van der Waals surface area contributed by atoms with Crippen molar-refractivity contribution in [2.45, 2.75) is 40.0 Å². The highest BCUT2D eigenvalue weighted by Crippen LogP contribution is 2.29. The van der Waals surface area contributed by atoms with Crippen LogP contribution < -0.4 is 0 Å². The van der Waals surface area contributed by atoms with E-state index in [0.29, 0.717) is 10.2 Å². The average Bonchev–Trinajstić information content (AvgIpc) is 2.35. The van der Waals surface area contributed by atoms with Crippen molar-refractivity contribution < 1.29 is 4.39 Å². The largest absolute Gasteiger partial charge is 0.342 e. The van der Waals surface area contributed by atoms with Gasteiger partial charge >= 0.3 is 0 Å². The zero-order valence-corrected chi connectivity index (χ0v) is 13.3. The van der Waals surface area contributed by atoms with Crippen LogP contribution in [0.25, 0.3) is 11.3 Å². The third kappa shape index (κ3) is 2.66. The molecule has 0 aliphatic heterocycles. The van der Waals surface area contributed by atoms with Gasteiger partial charge in [0, 0.05) is 16.5 Å². The summed E-state index contributed by atoms with van der Waals surface area (Å²) in [6.07, 6.45) is 0. The summed E-state index contributed by atoms with van der Waals surface area (Å²) in [4.78, 5) is 7.78. The molecule has 0 aliphatic rings. The number of hydrogen-bond acceptors (Lipinski definition) is 2. The number of aromatic amines is 1. The van der Waals surface area contributed by atoms with Gasteiger partial charge in [0.2, 0.25) is 0 Å². The highest BCUT2D eigenvalue weighted by molar-refractivity contribution is 7.71. The SMILES string of the molecule is Cc1c(F)cccc1-c1[nH]c(C(C)(C)C)nc(=S)c1C. The Morgan fingerprint density at radius 2 is 1.80 bits per heavy atom. The predicted octanol–water partition coefficient (Wildman–Crippen LogP) is 4.86. The van der Waals surface area contributed by atoms with Gasteiger partial charge in [0.1, 0.15) is 16.3 Å². The Hall–Kier alpha value is -1.55. The molecule has 0 aliphatic carbocycles. The van der Waals surface area contributed by atoms with Crippen LogP contribution in [0.3, 0.4) is 0 Å². The molecule has 20 heavy (non-hydrogen) atoms. The van der Waals surface area contributed by atoms with E-state index in [1.807, 2.05) is 13.0 Å². The molecular formula is C16H19FN2S. The molecule has 1 heterocycles. The minimum Gasteiger partial charge on any atom is -0.342 e. The van der Waals surface area contributed by atoms with E-state index >= 15 is 0 Å². The van der Waals surface area contributed by atoms with E-state index in [1.165, 1.54) is 6.07 Å². The zero-order valence-electron chi connectivity index (χ0n) is 12.5. The van der Waals surface area contributed by atoms with Crippen molar-refractivity contribution in [1.29, 1.82) is 0 Å². The molecular weight excluding hydrogens is 271 g/mol. The predicted molar refractivity (Wildman–Crippen MR) is 83.0 cm³/mol. The van der Waals surface area contributed by atoms with Gasteiger partial charge in [-0.25, -0.2) is 9.37 Å². The Labute approximate surface area is 124 Å². The van der Waals surface area contributed by atoms with Gasteiger partial charge in [-0.1, -0.05) is 45.1 Å². The summed E-state index contributed by atoms with van der Waals surface area (Å²) in [6, 6.07) is 5.08. The lowest BCUT2D eigenvalue weighted by molar-refractivity contribution is 0.544. The lowest BCUT2D eigenvalue weighted by Gasteiger charge is -2.20. The number of aromatic nitrogens is 2. The molecule has 4 heteroatoms. The first-order valence-corrected chi connectivity index (χ1v) is 6.99. The molecule has 0 fully saturated rings. The molecule has 0 saturated carbocycles. The molecule has 2 aromatic rings. The summed E-state index contributed by atoms with van der Waals surface area (Å²) in [6.45, 7) is 9.89. The molecule has 0 spiro atoms. The van der Waals surface area contributed by atoms with Crippen molar-refractivity contribution in [3.63, 3.8) is 0 Å². The van der Waals surface area contributed by atoms with Crippen LogP contribution in [0.5, 0.6) is 0 Å². The fraction of sp³-hybridized carbons (Fsp3) is 0.375. The van der Waals surface area contributed by atoms with Gasteiger partial charge in [-0.05, 0) is 25.5 Å². The minimum absolute atomic E-state index is 0.142. The molecule has 1 aromatic heterocycles. The number of benzene rings is 1. The topological polar surface area (TPSA) is 28.7 Å². The van der Waals surface area contributed by atoms with Gasteiger partial charge in [0.15, 0.2) is 0 Å². The summed E-state index contributed by atoms with van der Waals surface area (Å²) >= 11 is 5.35. The quantitative estimate of drug-likeness (QED) is 0.760. The Morgan fingerprint density at radius 3 is 2.40 bits per heavy atom. The van der Waals surface area contributed by atoms with E-state index < -0.39 is 0 Å². The smallest absolute Gasteiger partial charge is 0.133 e. The lowest BCUT2D eigenvalue weighted by atomic mass is 9.94. The maximum absolute atomic E-state index is 13.8. The lowest BCUT2D eigenvalue weighted by Crippen LogP contribution is -2.17. The van der Waals surface area contributed by atoms with Gasteiger partial charge in [-0.2, -0.15) is 0 Å². The number of halogens is 1. The molecule has 0 radical (unpaired) electrons. The molecule has 0 bridgehead atoms. The van der Waals surface area contributed by atoms with E-state index in [4.69, 9.17) is 12.2 Å². The number of H-pyrrole nitrogens is 1. The summed E-state index contributed by atoms with van der Waals surface area (Å²) < 4.78 is 14.3. The van der Waals surface area contributed by atoms with Crippen LogP contribution in [-0.2, 0) is 5.41 Å². The van der Waals surface area contributed by atoms with E-state index in [2.05, 4.69) is 30.7 Å². The second-order valence-electron chi connectivity index (χ2n) is 6.05. The van der Waals surface area contributed by atoms with Crippen molar-refractivity contribution in [2.24, 2.45) is 0 Å². The number of nitrogens with zero attached hydrogens (tertiary/aromatic N) is 1. The van der Waals surface area contributed by atoms with Crippen molar-refractivity contribution in [3.8, 4) is 11.3 Å². The number of nitrogens with one attached hydrogen (secondary N) is 1. The summed E-state index contributed by atoms with van der Waals surface area (Å²) in [5, 5.41) is 0. The van der Waals surface area contributed by atoms with Crippen molar-refractivity contribution in [1.82, 2.24) is 9.97 Å². The molecule has 1 aromatic carbocycles. The fourth-order valence-corrected chi connectivity index (χ4v) is 2.23. The van der Waals surface area contributed by atoms with Crippen LogP contribution in [0.1, 0.15) is 37.7 Å². The standard InChI is InChI=1S/C16H19FN2S/c1-9-11(7-6-8-12(9)17)13-10(2)14(20)19-15(18-13)16(3,4)5/h6-8H,1-5H3,(H,18,19,20). The zero-order chi connectivity index (χ0) is 15.1. The van der Waals surface area contributed by atoms with Crippen LogP contribution in [-0.4, -0.2) is 9.97 Å². The van der Waals surface area contributed by atoms with Gasteiger partial charge in [0.25, 0.3) is 0 Å². The number of rotatable bonds is 1. The van der Waals surface area contributed by atoms with Crippen molar-refractivity contribution >= 4 is 12.2 Å². The first-order chi connectivity index (χ1) is 9.21. The van der Waals surface area contributed by atoms with Gasteiger partial charge in [-0.15, -0.1) is 0 Å². The van der Waals surface area contributed by atoms with E-state index in [-0.39, 0.29) is 11.2 Å². The Kier molecular flexibility index (Phi) is 3.78. The first-order valence-electron chi connectivity index (χ1n) is 6.58. The molecule has 0 saturated heterocycles.